The Labute approximate surface area is 175 Å². The molecule has 5 nitrogen and oxygen atoms in total. The van der Waals surface area contributed by atoms with Crippen LogP contribution in [-0.2, 0) is 0 Å². The van der Waals surface area contributed by atoms with Gasteiger partial charge in [0.15, 0.2) is 5.16 Å². The zero-order valence-corrected chi connectivity index (χ0v) is 17.3. The first kappa shape index (κ1) is 18.0. The molecule has 2 heterocycles. The first-order valence-corrected chi connectivity index (χ1v) is 10.7. The number of nitrogens with zero attached hydrogens (tertiary/aromatic N) is 4. The molecular weight excluding hydrogens is 415 g/mol. The first-order chi connectivity index (χ1) is 13.5. The lowest BCUT2D eigenvalue weighted by molar-refractivity contribution is 0.915. The van der Waals surface area contributed by atoms with Crippen LogP contribution in [0.2, 0.25) is 0 Å². The fraction of sp³-hybridized carbons (Fsp3) is 0.250. The maximum absolute atomic E-state index is 13.3. The Balaban J connectivity index is 1.75. The van der Waals surface area contributed by atoms with E-state index in [1.54, 1.807) is 16.3 Å². The number of aryl methyl sites for hydroxylation is 1. The number of alkyl halides is 2. The minimum atomic E-state index is -0.626. The maximum Gasteiger partial charge on any atom is 0.267 e. The Kier molecular flexibility index (Phi) is 4.19. The molecule has 2 aromatic carbocycles. The molecule has 1 fully saturated rings. The van der Waals surface area contributed by atoms with Crippen molar-refractivity contribution in [1.29, 1.82) is 0 Å². The highest BCUT2D eigenvalue weighted by molar-refractivity contribution is 7.99. The second-order valence-corrected chi connectivity index (χ2v) is 9.56. The number of hydrogen-bond acceptors (Lipinski definition) is 4. The molecule has 1 atom stereocenters. The van der Waals surface area contributed by atoms with Crippen LogP contribution in [0.1, 0.15) is 12.0 Å². The van der Waals surface area contributed by atoms with Crippen molar-refractivity contribution in [2.24, 2.45) is 5.92 Å². The van der Waals surface area contributed by atoms with Crippen molar-refractivity contribution in [3.05, 3.63) is 64.4 Å². The van der Waals surface area contributed by atoms with E-state index < -0.39 is 4.33 Å². The predicted octanol–water partition coefficient (Wildman–Crippen LogP) is 4.63. The van der Waals surface area contributed by atoms with Gasteiger partial charge in [-0.1, -0.05) is 42.1 Å². The van der Waals surface area contributed by atoms with E-state index in [9.17, 15) is 4.79 Å². The van der Waals surface area contributed by atoms with Crippen LogP contribution in [0.15, 0.2) is 58.5 Å². The van der Waals surface area contributed by atoms with E-state index in [2.05, 4.69) is 10.2 Å². The lowest BCUT2D eigenvalue weighted by Gasteiger charge is -2.13. The highest BCUT2D eigenvalue weighted by atomic mass is 35.5. The number of aromatic nitrogens is 4. The summed E-state index contributed by atoms with van der Waals surface area (Å²) in [6, 6.07) is 15.3. The Morgan fingerprint density at radius 2 is 1.86 bits per heavy atom. The van der Waals surface area contributed by atoms with E-state index in [-0.39, 0.29) is 11.5 Å². The van der Waals surface area contributed by atoms with Gasteiger partial charge in [-0.2, -0.15) is 0 Å². The maximum atomic E-state index is 13.3. The SMILES string of the molecule is Cc1ccccc1-n1c(=O)c2ccccc2n2c(SCC3CC3(Cl)Cl)nnc12. The van der Waals surface area contributed by atoms with Crippen molar-refractivity contribution in [3.8, 4) is 5.69 Å². The molecule has 0 aliphatic heterocycles. The zero-order chi connectivity index (χ0) is 19.5. The fourth-order valence-electron chi connectivity index (χ4n) is 3.43. The monoisotopic (exact) mass is 430 g/mol. The molecule has 4 aromatic rings. The molecule has 28 heavy (non-hydrogen) atoms. The van der Waals surface area contributed by atoms with Crippen LogP contribution >= 0.6 is 35.0 Å². The summed E-state index contributed by atoms with van der Waals surface area (Å²) in [6.07, 6.45) is 0.786. The molecule has 1 aliphatic carbocycles. The topological polar surface area (TPSA) is 52.2 Å². The second-order valence-electron chi connectivity index (χ2n) is 7.04. The van der Waals surface area contributed by atoms with Crippen LogP contribution in [0.5, 0.6) is 0 Å². The number of benzene rings is 2. The molecule has 142 valence electrons. The van der Waals surface area contributed by atoms with Gasteiger partial charge in [0.1, 0.15) is 4.33 Å². The summed E-state index contributed by atoms with van der Waals surface area (Å²) < 4.78 is 2.96. The molecule has 1 saturated carbocycles. The summed E-state index contributed by atoms with van der Waals surface area (Å²) in [5.41, 5.74) is 2.48. The van der Waals surface area contributed by atoms with Gasteiger partial charge in [0.25, 0.3) is 5.56 Å². The minimum Gasteiger partial charge on any atom is -0.268 e. The number of fused-ring (bicyclic) bond motifs is 3. The van der Waals surface area contributed by atoms with Crippen molar-refractivity contribution >= 4 is 51.6 Å². The molecule has 1 unspecified atom stereocenters. The second kappa shape index (κ2) is 6.51. The highest BCUT2D eigenvalue weighted by Gasteiger charge is 2.51. The van der Waals surface area contributed by atoms with Crippen molar-refractivity contribution in [3.63, 3.8) is 0 Å². The van der Waals surface area contributed by atoms with E-state index in [0.29, 0.717) is 11.2 Å². The van der Waals surface area contributed by atoms with E-state index in [1.807, 2.05) is 59.9 Å². The molecule has 1 aliphatic rings. The Morgan fingerprint density at radius 1 is 1.14 bits per heavy atom. The summed E-state index contributed by atoms with van der Waals surface area (Å²) in [5.74, 6) is 1.49. The van der Waals surface area contributed by atoms with Crippen LogP contribution in [0.4, 0.5) is 0 Å². The van der Waals surface area contributed by atoms with Crippen LogP contribution in [0.25, 0.3) is 22.4 Å². The van der Waals surface area contributed by atoms with E-state index in [4.69, 9.17) is 23.2 Å². The summed E-state index contributed by atoms with van der Waals surface area (Å²) in [7, 11) is 0. The lowest BCUT2D eigenvalue weighted by Crippen LogP contribution is -2.22. The number of hydrogen-bond donors (Lipinski definition) is 0. The van der Waals surface area contributed by atoms with Crippen molar-refractivity contribution in [2.45, 2.75) is 22.8 Å². The first-order valence-electron chi connectivity index (χ1n) is 8.93. The van der Waals surface area contributed by atoms with Gasteiger partial charge in [0.2, 0.25) is 5.78 Å². The predicted molar refractivity (Wildman–Crippen MR) is 114 cm³/mol. The average molecular weight is 431 g/mol. The lowest BCUT2D eigenvalue weighted by atomic mass is 10.2. The molecule has 0 amide bonds. The third kappa shape index (κ3) is 2.82. The van der Waals surface area contributed by atoms with Gasteiger partial charge >= 0.3 is 0 Å². The largest absolute Gasteiger partial charge is 0.268 e. The van der Waals surface area contributed by atoms with Crippen molar-refractivity contribution < 1.29 is 0 Å². The van der Waals surface area contributed by atoms with Crippen molar-refractivity contribution in [1.82, 2.24) is 19.2 Å². The molecule has 0 radical (unpaired) electrons. The number of halogens is 2. The van der Waals surface area contributed by atoms with E-state index in [1.165, 1.54) is 0 Å². The molecule has 0 spiro atoms. The number of rotatable bonds is 4. The van der Waals surface area contributed by atoms with Crippen LogP contribution in [0.3, 0.4) is 0 Å². The summed E-state index contributed by atoms with van der Waals surface area (Å²) in [5, 5.41) is 10.1. The highest BCUT2D eigenvalue weighted by Crippen LogP contribution is 2.54. The smallest absolute Gasteiger partial charge is 0.267 e. The molecule has 2 aromatic heterocycles. The third-order valence-corrected chi connectivity index (χ3v) is 7.14. The minimum absolute atomic E-state index is 0.107. The molecule has 8 heteroatoms. The Morgan fingerprint density at radius 3 is 2.61 bits per heavy atom. The molecule has 0 saturated heterocycles. The summed E-state index contributed by atoms with van der Waals surface area (Å²) in [6.45, 7) is 1.98. The zero-order valence-electron chi connectivity index (χ0n) is 15.0. The molecule has 0 N–H and O–H groups in total. The summed E-state index contributed by atoms with van der Waals surface area (Å²) in [4.78, 5) is 13.3. The van der Waals surface area contributed by atoms with Gasteiger partial charge in [0.05, 0.1) is 16.6 Å². The van der Waals surface area contributed by atoms with Gasteiger partial charge in [-0.25, -0.2) is 4.57 Å². The normalized spacial score (nSPS) is 18.0. The van der Waals surface area contributed by atoms with Gasteiger partial charge in [-0.3, -0.25) is 9.20 Å². The summed E-state index contributed by atoms with van der Waals surface area (Å²) >= 11 is 13.9. The van der Waals surface area contributed by atoms with Crippen LogP contribution in [0, 0.1) is 12.8 Å². The van der Waals surface area contributed by atoms with Crippen LogP contribution in [-0.4, -0.2) is 29.3 Å². The van der Waals surface area contributed by atoms with Gasteiger partial charge < -0.3 is 0 Å². The molecule has 5 rings (SSSR count). The number of thioether (sulfide) groups is 1. The van der Waals surface area contributed by atoms with E-state index >= 15 is 0 Å². The molecule has 0 bridgehead atoms. The number of para-hydroxylation sites is 2. The molecular formula is C20H16Cl2N4OS. The fourth-order valence-corrected chi connectivity index (χ4v) is 5.30. The van der Waals surface area contributed by atoms with Gasteiger partial charge in [0, 0.05) is 11.7 Å². The van der Waals surface area contributed by atoms with Gasteiger partial charge in [-0.15, -0.1) is 33.4 Å². The Bertz CT molecular complexity index is 1280. The van der Waals surface area contributed by atoms with Crippen LogP contribution < -0.4 is 5.56 Å². The Hall–Kier alpha value is -2.02. The standard InChI is InChI=1S/C20H16Cl2N4OS/c1-12-6-2-4-8-15(12)25-17(27)14-7-3-5-9-16(14)26-18(25)23-24-19(26)28-11-13-10-20(13,21)22/h2-9,13H,10-11H2,1H3. The van der Waals surface area contributed by atoms with Gasteiger partial charge in [-0.05, 0) is 37.1 Å². The average Bonchev–Trinajstić information content (AvgIpc) is 3.09. The van der Waals surface area contributed by atoms with Crippen molar-refractivity contribution in [2.75, 3.05) is 5.75 Å². The quantitative estimate of drug-likeness (QED) is 0.349. The van der Waals surface area contributed by atoms with E-state index in [0.717, 1.165) is 34.1 Å². The third-order valence-electron chi connectivity index (χ3n) is 5.12.